The lowest BCUT2D eigenvalue weighted by Gasteiger charge is -2.33. The number of fused-ring (bicyclic) bond motifs is 1. The fraction of sp³-hybridized carbons (Fsp3) is 0.588. The van der Waals surface area contributed by atoms with Crippen LogP contribution in [0.4, 0.5) is 0 Å². The van der Waals surface area contributed by atoms with E-state index in [4.69, 9.17) is 9.15 Å². The van der Waals surface area contributed by atoms with E-state index in [1.54, 1.807) is 6.07 Å². The van der Waals surface area contributed by atoms with E-state index in [9.17, 15) is 8.42 Å². The summed E-state index contributed by atoms with van der Waals surface area (Å²) in [5.41, 5.74) is 2.50. The smallest absolute Gasteiger partial charge is 0.274 e. The van der Waals surface area contributed by atoms with Gasteiger partial charge in [0.05, 0.1) is 12.7 Å². The van der Waals surface area contributed by atoms with Gasteiger partial charge < -0.3 is 9.15 Å². The third kappa shape index (κ3) is 3.20. The number of nitrogens with one attached hydrogen (secondary N) is 2. The fourth-order valence-corrected chi connectivity index (χ4v) is 4.89. The average molecular weight is 380 g/mol. The molecule has 2 N–H and O–H groups in total. The van der Waals surface area contributed by atoms with E-state index in [1.807, 2.05) is 20.8 Å². The van der Waals surface area contributed by atoms with Gasteiger partial charge in [0, 0.05) is 36.4 Å². The van der Waals surface area contributed by atoms with E-state index in [1.165, 1.54) is 6.07 Å². The highest BCUT2D eigenvalue weighted by atomic mass is 32.2. The van der Waals surface area contributed by atoms with Crippen molar-refractivity contribution in [2.24, 2.45) is 0 Å². The standard InChI is InChI=1S/C17H24N4O4S/c1-10-7-21-8-13(6-14(21)9-24-10)20-26(22,23)16-5-4-15(25-16)17-11(2)12(3)18-19-17/h4-5,10,13-14,20H,6-9H2,1-3H3,(H,18,19)/t10-,13+,14-/m0/s1. The summed E-state index contributed by atoms with van der Waals surface area (Å²) < 4.78 is 39.5. The minimum atomic E-state index is -3.72. The molecule has 2 aliphatic rings. The van der Waals surface area contributed by atoms with Crippen molar-refractivity contribution in [3.8, 4) is 11.5 Å². The van der Waals surface area contributed by atoms with Crippen LogP contribution in [0.3, 0.4) is 0 Å². The Balaban J connectivity index is 1.48. The Morgan fingerprint density at radius 3 is 2.85 bits per heavy atom. The minimum absolute atomic E-state index is 0.0814. The predicted octanol–water partition coefficient (Wildman–Crippen LogP) is 1.43. The Kier molecular flexibility index (Phi) is 4.42. The van der Waals surface area contributed by atoms with Crippen molar-refractivity contribution in [3.05, 3.63) is 23.4 Å². The van der Waals surface area contributed by atoms with E-state index in [-0.39, 0.29) is 23.3 Å². The third-order valence-electron chi connectivity index (χ3n) is 5.25. The lowest BCUT2D eigenvalue weighted by Crippen LogP contribution is -2.45. The normalized spacial score (nSPS) is 27.0. The maximum Gasteiger partial charge on any atom is 0.274 e. The number of aromatic amines is 1. The zero-order valence-electron chi connectivity index (χ0n) is 15.2. The SMILES string of the molecule is Cc1[nH]nc(-c2ccc(S(=O)(=O)N[C@@H]3C[C@H]4CO[C@@H](C)CN4C3)o2)c1C. The average Bonchev–Trinajstić information content (AvgIpc) is 3.27. The molecule has 142 valence electrons. The highest BCUT2D eigenvalue weighted by Crippen LogP contribution is 2.28. The molecule has 0 bridgehead atoms. The monoisotopic (exact) mass is 380 g/mol. The maximum absolute atomic E-state index is 12.7. The Morgan fingerprint density at radius 2 is 2.12 bits per heavy atom. The number of rotatable bonds is 4. The van der Waals surface area contributed by atoms with Crippen LogP contribution in [0.25, 0.3) is 11.5 Å². The number of sulfonamides is 1. The molecule has 2 aliphatic heterocycles. The van der Waals surface area contributed by atoms with Crippen molar-refractivity contribution < 1.29 is 17.6 Å². The van der Waals surface area contributed by atoms with Gasteiger partial charge in [0.15, 0.2) is 5.76 Å². The zero-order chi connectivity index (χ0) is 18.5. The Labute approximate surface area is 153 Å². The number of hydrogen-bond donors (Lipinski definition) is 2. The van der Waals surface area contributed by atoms with Gasteiger partial charge in [0.1, 0.15) is 5.69 Å². The number of ether oxygens (including phenoxy) is 1. The van der Waals surface area contributed by atoms with Gasteiger partial charge in [-0.15, -0.1) is 0 Å². The van der Waals surface area contributed by atoms with Gasteiger partial charge in [-0.1, -0.05) is 0 Å². The highest BCUT2D eigenvalue weighted by molar-refractivity contribution is 7.89. The quantitative estimate of drug-likeness (QED) is 0.832. The van der Waals surface area contributed by atoms with Crippen molar-refractivity contribution in [2.75, 3.05) is 19.7 Å². The molecule has 26 heavy (non-hydrogen) atoms. The van der Waals surface area contributed by atoms with Crippen LogP contribution in [0.5, 0.6) is 0 Å². The zero-order valence-corrected chi connectivity index (χ0v) is 16.0. The molecule has 0 radical (unpaired) electrons. The van der Waals surface area contributed by atoms with E-state index >= 15 is 0 Å². The van der Waals surface area contributed by atoms with Gasteiger partial charge in [-0.25, -0.2) is 13.1 Å². The molecule has 3 atom stereocenters. The van der Waals surface area contributed by atoms with Crippen molar-refractivity contribution in [2.45, 2.75) is 50.5 Å². The highest BCUT2D eigenvalue weighted by Gasteiger charge is 2.38. The van der Waals surface area contributed by atoms with Gasteiger partial charge in [0.2, 0.25) is 5.09 Å². The second kappa shape index (κ2) is 6.49. The van der Waals surface area contributed by atoms with Crippen LogP contribution >= 0.6 is 0 Å². The van der Waals surface area contributed by atoms with Crippen molar-refractivity contribution in [1.29, 1.82) is 0 Å². The molecule has 2 saturated heterocycles. The Bertz CT molecular complexity index is 904. The molecule has 9 heteroatoms. The molecular weight excluding hydrogens is 356 g/mol. The maximum atomic E-state index is 12.7. The van der Waals surface area contributed by atoms with Gasteiger partial charge >= 0.3 is 0 Å². The Hall–Kier alpha value is -1.68. The number of aromatic nitrogens is 2. The van der Waals surface area contributed by atoms with E-state index < -0.39 is 10.0 Å². The topological polar surface area (TPSA) is 100 Å². The lowest BCUT2D eigenvalue weighted by atomic mass is 10.2. The number of hydrogen-bond acceptors (Lipinski definition) is 6. The summed E-state index contributed by atoms with van der Waals surface area (Å²) in [4.78, 5) is 2.30. The molecule has 0 spiro atoms. The first kappa shape index (κ1) is 17.7. The largest absolute Gasteiger partial charge is 0.442 e. The summed E-state index contributed by atoms with van der Waals surface area (Å²) in [6.07, 6.45) is 0.937. The fourth-order valence-electron chi connectivity index (χ4n) is 3.72. The van der Waals surface area contributed by atoms with Crippen LogP contribution < -0.4 is 4.72 Å². The van der Waals surface area contributed by atoms with Crippen LogP contribution in [-0.4, -0.2) is 61.4 Å². The molecule has 0 aliphatic carbocycles. The summed E-state index contributed by atoms with van der Waals surface area (Å²) in [7, 11) is -3.72. The van der Waals surface area contributed by atoms with Gasteiger partial charge in [-0.3, -0.25) is 10.00 Å². The molecule has 2 aromatic rings. The number of H-pyrrole nitrogens is 1. The molecule has 0 saturated carbocycles. The number of furan rings is 1. The van der Waals surface area contributed by atoms with Gasteiger partial charge in [-0.05, 0) is 39.3 Å². The lowest BCUT2D eigenvalue weighted by molar-refractivity contribution is -0.0390. The molecule has 0 aromatic carbocycles. The summed E-state index contributed by atoms with van der Waals surface area (Å²) in [6, 6.07) is 3.27. The van der Waals surface area contributed by atoms with Crippen LogP contribution in [0, 0.1) is 13.8 Å². The van der Waals surface area contributed by atoms with Crippen molar-refractivity contribution in [1.82, 2.24) is 19.8 Å². The summed E-state index contributed by atoms with van der Waals surface area (Å²) >= 11 is 0. The number of morpholine rings is 1. The molecule has 0 amide bonds. The van der Waals surface area contributed by atoms with Crippen LogP contribution in [0.1, 0.15) is 24.6 Å². The summed E-state index contributed by atoms with van der Waals surface area (Å²) in [5.74, 6) is 0.443. The van der Waals surface area contributed by atoms with Gasteiger partial charge in [-0.2, -0.15) is 5.10 Å². The molecule has 8 nitrogen and oxygen atoms in total. The first-order chi connectivity index (χ1) is 12.3. The summed E-state index contributed by atoms with van der Waals surface area (Å²) in [6.45, 7) is 8.06. The van der Waals surface area contributed by atoms with Gasteiger partial charge in [0.25, 0.3) is 10.0 Å². The molecule has 4 rings (SSSR count). The van der Waals surface area contributed by atoms with E-state index in [0.29, 0.717) is 24.6 Å². The first-order valence-electron chi connectivity index (χ1n) is 8.83. The molecule has 2 fully saturated rings. The molecular formula is C17H24N4O4S. The van der Waals surface area contributed by atoms with Crippen LogP contribution in [-0.2, 0) is 14.8 Å². The molecule has 2 aromatic heterocycles. The second-order valence-corrected chi connectivity index (χ2v) is 8.89. The van der Waals surface area contributed by atoms with Crippen LogP contribution in [0.2, 0.25) is 0 Å². The second-order valence-electron chi connectivity index (χ2n) is 7.25. The van der Waals surface area contributed by atoms with E-state index in [2.05, 4.69) is 19.8 Å². The predicted molar refractivity (Wildman–Crippen MR) is 95.3 cm³/mol. The van der Waals surface area contributed by atoms with Crippen molar-refractivity contribution in [3.63, 3.8) is 0 Å². The molecule has 0 unspecified atom stereocenters. The minimum Gasteiger partial charge on any atom is -0.442 e. The van der Waals surface area contributed by atoms with Crippen molar-refractivity contribution >= 4 is 10.0 Å². The Morgan fingerprint density at radius 1 is 1.31 bits per heavy atom. The third-order valence-corrected chi connectivity index (χ3v) is 6.64. The number of nitrogens with zero attached hydrogens (tertiary/aromatic N) is 2. The molecule has 4 heterocycles. The number of aryl methyl sites for hydroxylation is 1. The first-order valence-corrected chi connectivity index (χ1v) is 10.3. The van der Waals surface area contributed by atoms with E-state index in [0.717, 1.165) is 24.2 Å². The summed E-state index contributed by atoms with van der Waals surface area (Å²) in [5, 5.41) is 6.99. The van der Waals surface area contributed by atoms with Crippen LogP contribution in [0.15, 0.2) is 21.6 Å².